The minimum absolute atomic E-state index is 0.00937. The van der Waals surface area contributed by atoms with Crippen LogP contribution in [0.1, 0.15) is 16.2 Å². The summed E-state index contributed by atoms with van der Waals surface area (Å²) in [6, 6.07) is 6.57. The van der Waals surface area contributed by atoms with E-state index in [0.717, 1.165) is 33.6 Å². The molecule has 0 amide bonds. The number of aryl methyl sites for hydroxylation is 2. The molecule has 0 spiro atoms. The van der Waals surface area contributed by atoms with Crippen molar-refractivity contribution >= 4 is 27.2 Å². The van der Waals surface area contributed by atoms with E-state index in [9.17, 15) is 8.78 Å². The molecule has 0 aliphatic carbocycles. The highest BCUT2D eigenvalue weighted by Crippen LogP contribution is 2.32. The van der Waals surface area contributed by atoms with E-state index in [1.165, 1.54) is 10.9 Å². The van der Waals surface area contributed by atoms with Gasteiger partial charge in [-0.3, -0.25) is 0 Å². The summed E-state index contributed by atoms with van der Waals surface area (Å²) >= 11 is 1.62. The third-order valence-electron chi connectivity index (χ3n) is 4.65. The molecular weight excluding hydrogens is 398 g/mol. The van der Waals surface area contributed by atoms with Crippen molar-refractivity contribution < 1.29 is 17.9 Å². The molecule has 29 heavy (non-hydrogen) atoms. The first-order valence-corrected chi connectivity index (χ1v) is 9.59. The van der Waals surface area contributed by atoms with Crippen LogP contribution in [0.5, 0.6) is 5.75 Å². The first-order valence-electron chi connectivity index (χ1n) is 8.77. The minimum Gasteiger partial charge on any atom is -0.483 e. The maximum Gasteiger partial charge on any atom is 0.217 e. The number of rotatable bonds is 4. The summed E-state index contributed by atoms with van der Waals surface area (Å²) in [4.78, 5) is 11.2. The quantitative estimate of drug-likeness (QED) is 0.412. The van der Waals surface area contributed by atoms with Crippen molar-refractivity contribution in [3.63, 3.8) is 0 Å². The number of benzene rings is 1. The number of hydrogen-bond acceptors (Lipinski definition) is 6. The van der Waals surface area contributed by atoms with Crippen LogP contribution in [-0.4, -0.2) is 19.6 Å². The average molecular weight is 412 g/mol. The Morgan fingerprint density at radius 1 is 1.17 bits per heavy atom. The van der Waals surface area contributed by atoms with Crippen molar-refractivity contribution in [3.8, 4) is 17.3 Å². The molecule has 5 aromatic rings. The van der Waals surface area contributed by atoms with Crippen LogP contribution >= 0.6 is 11.3 Å². The van der Waals surface area contributed by atoms with Gasteiger partial charge < -0.3 is 9.15 Å². The fraction of sp³-hybridized carbons (Fsp3) is 0.150. The highest BCUT2D eigenvalue weighted by Gasteiger charge is 2.17. The first kappa shape index (κ1) is 17.7. The van der Waals surface area contributed by atoms with E-state index in [-0.39, 0.29) is 12.4 Å². The Morgan fingerprint density at radius 2 is 2.03 bits per heavy atom. The lowest BCUT2D eigenvalue weighted by atomic mass is 10.2. The molecule has 6 nitrogen and oxygen atoms in total. The van der Waals surface area contributed by atoms with Crippen LogP contribution in [0, 0.1) is 25.5 Å². The molecule has 0 saturated heterocycles. The largest absolute Gasteiger partial charge is 0.483 e. The van der Waals surface area contributed by atoms with Gasteiger partial charge in [0.2, 0.25) is 5.82 Å². The Kier molecular flexibility index (Phi) is 4.06. The molecule has 0 bridgehead atoms. The number of ether oxygens (including phenoxy) is 1. The van der Waals surface area contributed by atoms with Crippen molar-refractivity contribution in [2.45, 2.75) is 20.5 Å². The van der Waals surface area contributed by atoms with E-state index < -0.39 is 11.6 Å². The van der Waals surface area contributed by atoms with Gasteiger partial charge in [0.05, 0.1) is 5.39 Å². The summed E-state index contributed by atoms with van der Waals surface area (Å²) < 4.78 is 39.4. The average Bonchev–Trinajstić information content (AvgIpc) is 3.39. The second-order valence-corrected chi connectivity index (χ2v) is 7.74. The summed E-state index contributed by atoms with van der Waals surface area (Å²) in [5.74, 6) is -0.128. The molecule has 0 saturated carbocycles. The van der Waals surface area contributed by atoms with Crippen LogP contribution in [-0.2, 0) is 6.61 Å². The molecule has 0 fully saturated rings. The van der Waals surface area contributed by atoms with Crippen LogP contribution in [0.4, 0.5) is 8.78 Å². The zero-order valence-electron chi connectivity index (χ0n) is 15.4. The van der Waals surface area contributed by atoms with Gasteiger partial charge in [0.1, 0.15) is 29.3 Å². The van der Waals surface area contributed by atoms with E-state index >= 15 is 0 Å². The van der Waals surface area contributed by atoms with Crippen molar-refractivity contribution in [1.29, 1.82) is 0 Å². The normalized spacial score (nSPS) is 11.6. The predicted molar refractivity (Wildman–Crippen MR) is 104 cm³/mol. The van der Waals surface area contributed by atoms with Crippen molar-refractivity contribution in [3.05, 3.63) is 64.5 Å². The molecule has 0 unspecified atom stereocenters. The third kappa shape index (κ3) is 3.03. The Morgan fingerprint density at radius 3 is 2.86 bits per heavy atom. The molecule has 0 atom stereocenters. The number of aromatic nitrogens is 4. The highest BCUT2D eigenvalue weighted by molar-refractivity contribution is 7.18. The zero-order chi connectivity index (χ0) is 20.1. The van der Waals surface area contributed by atoms with E-state index in [1.54, 1.807) is 34.3 Å². The van der Waals surface area contributed by atoms with Gasteiger partial charge in [0.15, 0.2) is 23.0 Å². The van der Waals surface area contributed by atoms with Crippen LogP contribution in [0.2, 0.25) is 0 Å². The van der Waals surface area contributed by atoms with Crippen molar-refractivity contribution in [2.75, 3.05) is 0 Å². The fourth-order valence-corrected chi connectivity index (χ4v) is 4.06. The third-order valence-corrected chi connectivity index (χ3v) is 5.77. The van der Waals surface area contributed by atoms with Crippen molar-refractivity contribution in [1.82, 2.24) is 19.6 Å². The number of hydrogen-bond donors (Lipinski definition) is 0. The molecule has 0 radical (unpaired) electrons. The van der Waals surface area contributed by atoms with Gasteiger partial charge in [-0.05, 0) is 43.7 Å². The Balaban J connectivity index is 1.44. The van der Waals surface area contributed by atoms with Crippen LogP contribution < -0.4 is 4.74 Å². The zero-order valence-corrected chi connectivity index (χ0v) is 16.3. The molecule has 146 valence electrons. The molecule has 1 aromatic carbocycles. The van der Waals surface area contributed by atoms with E-state index in [2.05, 4.69) is 22.0 Å². The van der Waals surface area contributed by atoms with Gasteiger partial charge in [-0.15, -0.1) is 16.4 Å². The summed E-state index contributed by atoms with van der Waals surface area (Å²) in [5.41, 5.74) is 1.85. The van der Waals surface area contributed by atoms with Crippen LogP contribution in [0.25, 0.3) is 27.4 Å². The van der Waals surface area contributed by atoms with Crippen LogP contribution in [0.3, 0.4) is 0 Å². The van der Waals surface area contributed by atoms with E-state index in [1.807, 2.05) is 6.92 Å². The monoisotopic (exact) mass is 412 g/mol. The summed E-state index contributed by atoms with van der Waals surface area (Å²) in [5, 5.41) is 5.43. The van der Waals surface area contributed by atoms with Crippen LogP contribution in [0.15, 0.2) is 41.1 Å². The van der Waals surface area contributed by atoms with Gasteiger partial charge in [-0.1, -0.05) is 0 Å². The molecule has 5 rings (SSSR count). The maximum absolute atomic E-state index is 13.7. The second kappa shape index (κ2) is 6.63. The summed E-state index contributed by atoms with van der Waals surface area (Å²) in [7, 11) is 0. The van der Waals surface area contributed by atoms with E-state index in [0.29, 0.717) is 17.3 Å². The number of halogens is 2. The Labute approximate surface area is 167 Å². The smallest absolute Gasteiger partial charge is 0.217 e. The Hall–Kier alpha value is -3.33. The van der Waals surface area contributed by atoms with Gasteiger partial charge in [-0.2, -0.15) is 0 Å². The lowest BCUT2D eigenvalue weighted by molar-refractivity contribution is 0.259. The topological polar surface area (TPSA) is 65.5 Å². The number of nitrogens with zero attached hydrogens (tertiary/aromatic N) is 4. The van der Waals surface area contributed by atoms with Gasteiger partial charge >= 0.3 is 0 Å². The van der Waals surface area contributed by atoms with Gasteiger partial charge in [-0.25, -0.2) is 23.3 Å². The Bertz CT molecular complexity index is 1370. The molecule has 0 aliphatic rings. The summed E-state index contributed by atoms with van der Waals surface area (Å²) in [6.45, 7) is 4.09. The lowest BCUT2D eigenvalue weighted by Gasteiger charge is -2.05. The second-order valence-electron chi connectivity index (χ2n) is 6.54. The SMILES string of the molecule is Cc1sc2ncn3nc(-c4ccc(COc5ccc(F)cc5F)o4)nc3c2c1C. The summed E-state index contributed by atoms with van der Waals surface area (Å²) in [6.07, 6.45) is 1.63. The number of thiophene rings is 1. The highest BCUT2D eigenvalue weighted by atomic mass is 32.1. The molecule has 0 aliphatic heterocycles. The molecule has 4 heterocycles. The number of fused-ring (bicyclic) bond motifs is 3. The standard InChI is InChI=1S/C20H14F2N4O2S/c1-10-11(2)29-20-17(10)19-24-18(25-26(19)9-23-20)16-6-4-13(28-16)8-27-15-5-3-12(21)7-14(15)22/h3-7,9H,8H2,1-2H3. The maximum atomic E-state index is 13.7. The first-order chi connectivity index (χ1) is 14.0. The molecule has 4 aromatic heterocycles. The molecule has 9 heteroatoms. The lowest BCUT2D eigenvalue weighted by Crippen LogP contribution is -1.96. The molecular formula is C20H14F2N4O2S. The van der Waals surface area contributed by atoms with E-state index in [4.69, 9.17) is 9.15 Å². The predicted octanol–water partition coefficient (Wildman–Crippen LogP) is 5.07. The van der Waals surface area contributed by atoms with Gasteiger partial charge in [0, 0.05) is 10.9 Å². The minimum atomic E-state index is -0.767. The molecule has 0 N–H and O–H groups in total. The van der Waals surface area contributed by atoms with Gasteiger partial charge in [0.25, 0.3) is 0 Å². The van der Waals surface area contributed by atoms with Crippen molar-refractivity contribution in [2.24, 2.45) is 0 Å². The fourth-order valence-electron chi connectivity index (χ4n) is 3.07. The number of furan rings is 1.